The van der Waals surface area contributed by atoms with Gasteiger partial charge in [0.25, 0.3) is 5.91 Å². The molecule has 0 unspecified atom stereocenters. The first-order valence-corrected chi connectivity index (χ1v) is 10.5. The summed E-state index contributed by atoms with van der Waals surface area (Å²) in [7, 11) is 1.27. The Balaban J connectivity index is 2.17. The molecule has 2 aromatic carbocycles. The van der Waals surface area contributed by atoms with Gasteiger partial charge in [0.1, 0.15) is 11.6 Å². The lowest BCUT2D eigenvalue weighted by atomic mass is 10.0. The normalized spacial score (nSPS) is 12.0. The summed E-state index contributed by atoms with van der Waals surface area (Å²) in [6.07, 6.45) is -0.349. The number of benzene rings is 2. The predicted molar refractivity (Wildman–Crippen MR) is 124 cm³/mol. The third kappa shape index (κ3) is 6.99. The van der Waals surface area contributed by atoms with E-state index in [-0.39, 0.29) is 6.42 Å². The number of methoxy groups -OCH3 is 1. The van der Waals surface area contributed by atoms with Crippen molar-refractivity contribution < 1.29 is 23.9 Å². The minimum atomic E-state index is -0.910. The Morgan fingerprint density at radius 2 is 1.75 bits per heavy atom. The zero-order valence-corrected chi connectivity index (χ0v) is 19.9. The molecule has 0 aliphatic carbocycles. The maximum Gasteiger partial charge on any atom is 0.412 e. The number of aryl methyl sites for hydroxylation is 2. The zero-order chi connectivity index (χ0) is 24.1. The number of nitrogens with one attached hydrogen (secondary N) is 2. The standard InChI is InChI=1S/C24H29ClN2O5/c1-14-8-7-9-17(25)20(14)21(28)26-19(22(29)31-6)13-16-10-11-18(15(2)12-16)27-23(30)32-24(3,4)5/h7-12,19H,13H2,1-6H3,(H,26,28)(H,27,30)/t19-/m0/s1. The predicted octanol–water partition coefficient (Wildman–Crippen LogP) is 4.82. The van der Waals surface area contributed by atoms with E-state index in [4.69, 9.17) is 21.1 Å². The van der Waals surface area contributed by atoms with E-state index >= 15 is 0 Å². The average Bonchev–Trinajstić information content (AvgIpc) is 2.67. The van der Waals surface area contributed by atoms with Crippen molar-refractivity contribution in [2.75, 3.05) is 12.4 Å². The van der Waals surface area contributed by atoms with Crippen LogP contribution in [-0.2, 0) is 20.7 Å². The molecule has 2 rings (SSSR count). The van der Waals surface area contributed by atoms with Crippen LogP contribution in [0.1, 0.15) is 47.8 Å². The molecular weight excluding hydrogens is 432 g/mol. The van der Waals surface area contributed by atoms with Crippen LogP contribution >= 0.6 is 11.6 Å². The topological polar surface area (TPSA) is 93.7 Å². The van der Waals surface area contributed by atoms with E-state index in [9.17, 15) is 14.4 Å². The summed E-state index contributed by atoms with van der Waals surface area (Å²) in [6, 6.07) is 9.56. The molecule has 0 aliphatic heterocycles. The van der Waals surface area contributed by atoms with E-state index in [0.717, 1.165) is 11.1 Å². The largest absolute Gasteiger partial charge is 0.467 e. The number of anilines is 1. The number of carbonyl (C=O) groups excluding carboxylic acids is 3. The lowest BCUT2D eigenvalue weighted by Gasteiger charge is -2.21. The fraction of sp³-hybridized carbons (Fsp3) is 0.375. The Morgan fingerprint density at radius 1 is 1.06 bits per heavy atom. The molecule has 0 saturated heterocycles. The molecular formula is C24H29ClN2O5. The van der Waals surface area contributed by atoms with Gasteiger partial charge in [-0.15, -0.1) is 0 Å². The molecule has 32 heavy (non-hydrogen) atoms. The van der Waals surface area contributed by atoms with Crippen molar-refractivity contribution in [2.24, 2.45) is 0 Å². The highest BCUT2D eigenvalue weighted by Crippen LogP contribution is 2.21. The lowest BCUT2D eigenvalue weighted by molar-refractivity contribution is -0.142. The van der Waals surface area contributed by atoms with Gasteiger partial charge in [-0.25, -0.2) is 9.59 Å². The van der Waals surface area contributed by atoms with Gasteiger partial charge in [0.05, 0.1) is 17.7 Å². The Labute approximate surface area is 193 Å². The molecule has 2 aromatic rings. The van der Waals surface area contributed by atoms with Crippen molar-refractivity contribution in [3.05, 3.63) is 63.7 Å². The highest BCUT2D eigenvalue weighted by Gasteiger charge is 2.25. The third-order valence-electron chi connectivity index (χ3n) is 4.61. The number of ether oxygens (including phenoxy) is 2. The van der Waals surface area contributed by atoms with Gasteiger partial charge in [-0.1, -0.05) is 35.9 Å². The van der Waals surface area contributed by atoms with Gasteiger partial charge in [-0.2, -0.15) is 0 Å². The van der Waals surface area contributed by atoms with Crippen LogP contribution in [-0.4, -0.2) is 36.7 Å². The molecule has 0 spiro atoms. The average molecular weight is 461 g/mol. The van der Waals surface area contributed by atoms with Crippen LogP contribution in [0.2, 0.25) is 5.02 Å². The van der Waals surface area contributed by atoms with Crippen LogP contribution in [0.4, 0.5) is 10.5 Å². The van der Waals surface area contributed by atoms with Gasteiger partial charge in [0.2, 0.25) is 0 Å². The molecule has 0 radical (unpaired) electrons. The number of hydrogen-bond donors (Lipinski definition) is 2. The van der Waals surface area contributed by atoms with Crippen molar-refractivity contribution >= 4 is 35.3 Å². The second-order valence-corrected chi connectivity index (χ2v) is 8.87. The highest BCUT2D eigenvalue weighted by molar-refractivity contribution is 6.34. The third-order valence-corrected chi connectivity index (χ3v) is 4.92. The summed E-state index contributed by atoms with van der Waals surface area (Å²) in [6.45, 7) is 8.96. The van der Waals surface area contributed by atoms with Gasteiger partial charge in [0.15, 0.2) is 0 Å². The summed E-state index contributed by atoms with van der Waals surface area (Å²) in [5, 5.41) is 5.73. The number of rotatable bonds is 6. The minimum Gasteiger partial charge on any atom is -0.467 e. The monoisotopic (exact) mass is 460 g/mol. The number of esters is 1. The van der Waals surface area contributed by atoms with Crippen LogP contribution < -0.4 is 10.6 Å². The molecule has 2 N–H and O–H groups in total. The lowest BCUT2D eigenvalue weighted by Crippen LogP contribution is -2.43. The second kappa shape index (κ2) is 10.5. The molecule has 7 nitrogen and oxygen atoms in total. The van der Waals surface area contributed by atoms with Crippen LogP contribution in [0, 0.1) is 13.8 Å². The summed E-state index contributed by atoms with van der Waals surface area (Å²) in [4.78, 5) is 37.2. The SMILES string of the molecule is COC(=O)[C@H](Cc1ccc(NC(=O)OC(C)(C)C)c(C)c1)NC(=O)c1c(C)cccc1Cl. The van der Waals surface area contributed by atoms with Crippen molar-refractivity contribution in [1.29, 1.82) is 0 Å². The molecule has 1 atom stereocenters. The summed E-state index contributed by atoms with van der Waals surface area (Å²) in [5.41, 5.74) is 2.56. The summed E-state index contributed by atoms with van der Waals surface area (Å²) in [5.74, 6) is -1.03. The highest BCUT2D eigenvalue weighted by atomic mass is 35.5. The Bertz CT molecular complexity index is 994. The zero-order valence-electron chi connectivity index (χ0n) is 19.2. The van der Waals surface area contributed by atoms with Crippen molar-refractivity contribution in [3.8, 4) is 0 Å². The summed E-state index contributed by atoms with van der Waals surface area (Å²) < 4.78 is 10.1. The Morgan fingerprint density at radius 3 is 2.31 bits per heavy atom. The molecule has 0 aliphatic rings. The maximum atomic E-state index is 12.8. The van der Waals surface area contributed by atoms with Gasteiger partial charge in [0, 0.05) is 12.1 Å². The van der Waals surface area contributed by atoms with E-state index in [1.165, 1.54) is 7.11 Å². The van der Waals surface area contributed by atoms with Gasteiger partial charge in [-0.3, -0.25) is 10.1 Å². The van der Waals surface area contributed by atoms with E-state index in [0.29, 0.717) is 21.8 Å². The number of carbonyl (C=O) groups is 3. The molecule has 0 fully saturated rings. The fourth-order valence-electron chi connectivity index (χ4n) is 3.13. The van der Waals surface area contributed by atoms with E-state index in [1.54, 1.807) is 58.0 Å². The van der Waals surface area contributed by atoms with Crippen LogP contribution in [0.25, 0.3) is 0 Å². The Kier molecular flexibility index (Phi) is 8.27. The van der Waals surface area contributed by atoms with Crippen molar-refractivity contribution in [1.82, 2.24) is 5.32 Å². The molecule has 0 bridgehead atoms. The first kappa shape index (κ1) is 25.2. The molecule has 0 saturated carbocycles. The summed E-state index contributed by atoms with van der Waals surface area (Å²) >= 11 is 6.18. The quantitative estimate of drug-likeness (QED) is 0.603. The van der Waals surface area contributed by atoms with E-state index in [2.05, 4.69) is 10.6 Å². The molecule has 0 aromatic heterocycles. The van der Waals surface area contributed by atoms with E-state index < -0.39 is 29.6 Å². The molecule has 0 heterocycles. The van der Waals surface area contributed by atoms with Crippen molar-refractivity contribution in [3.63, 3.8) is 0 Å². The number of halogens is 1. The smallest absolute Gasteiger partial charge is 0.412 e. The van der Waals surface area contributed by atoms with Crippen LogP contribution in [0.15, 0.2) is 36.4 Å². The molecule has 172 valence electrons. The van der Waals surface area contributed by atoms with E-state index in [1.807, 2.05) is 13.0 Å². The van der Waals surface area contributed by atoms with Gasteiger partial charge < -0.3 is 14.8 Å². The number of hydrogen-bond acceptors (Lipinski definition) is 5. The minimum absolute atomic E-state index is 0.204. The van der Waals surface area contributed by atoms with Gasteiger partial charge in [-0.05, 0) is 63.4 Å². The first-order chi connectivity index (χ1) is 14.9. The fourth-order valence-corrected chi connectivity index (χ4v) is 3.44. The number of amides is 2. The molecule has 8 heteroatoms. The Hall–Kier alpha value is -3.06. The maximum absolute atomic E-state index is 12.8. The van der Waals surface area contributed by atoms with Gasteiger partial charge >= 0.3 is 12.1 Å². The van der Waals surface area contributed by atoms with Crippen LogP contribution in [0.5, 0.6) is 0 Å². The van der Waals surface area contributed by atoms with Crippen LogP contribution in [0.3, 0.4) is 0 Å². The molecule has 2 amide bonds. The second-order valence-electron chi connectivity index (χ2n) is 8.46. The van der Waals surface area contributed by atoms with Crippen molar-refractivity contribution in [2.45, 2.75) is 52.7 Å². The first-order valence-electron chi connectivity index (χ1n) is 10.1.